The number of likely N-dealkylation sites (tertiary alicyclic amines) is 1. The molecule has 0 aliphatic carbocycles. The van der Waals surface area contributed by atoms with E-state index in [0.29, 0.717) is 36.2 Å². The molecule has 138 valence electrons. The van der Waals surface area contributed by atoms with Gasteiger partial charge in [-0.1, -0.05) is 16.8 Å². The second-order valence-corrected chi connectivity index (χ2v) is 6.73. The third-order valence-corrected chi connectivity index (χ3v) is 4.67. The maximum absolute atomic E-state index is 12.6. The molecule has 1 unspecified atom stereocenters. The number of nitrogens with zero attached hydrogens (tertiary/aromatic N) is 2. The van der Waals surface area contributed by atoms with Crippen molar-refractivity contribution in [2.45, 2.75) is 26.2 Å². The SMILES string of the molecule is CCOC(=O)C1CCCN(C(=O)Cc2cc(-c3ccc(Cl)cc3)on2)C1. The van der Waals surface area contributed by atoms with Crippen molar-refractivity contribution < 1.29 is 18.8 Å². The van der Waals surface area contributed by atoms with Gasteiger partial charge in [-0.25, -0.2) is 0 Å². The molecule has 1 aromatic heterocycles. The van der Waals surface area contributed by atoms with E-state index in [1.807, 2.05) is 12.1 Å². The van der Waals surface area contributed by atoms with Crippen molar-refractivity contribution in [3.8, 4) is 11.3 Å². The van der Waals surface area contributed by atoms with Crippen molar-refractivity contribution in [1.82, 2.24) is 10.1 Å². The summed E-state index contributed by atoms with van der Waals surface area (Å²) in [6.07, 6.45) is 1.70. The van der Waals surface area contributed by atoms with Crippen LogP contribution in [0, 0.1) is 5.92 Å². The minimum absolute atomic E-state index is 0.0602. The Kier molecular flexibility index (Phi) is 5.93. The fraction of sp³-hybridized carbons (Fsp3) is 0.421. The number of esters is 1. The van der Waals surface area contributed by atoms with E-state index in [0.717, 1.165) is 18.4 Å². The van der Waals surface area contributed by atoms with Crippen LogP contribution >= 0.6 is 11.6 Å². The van der Waals surface area contributed by atoms with Crippen LogP contribution in [0.2, 0.25) is 5.02 Å². The Morgan fingerprint density at radius 1 is 1.35 bits per heavy atom. The number of ether oxygens (including phenoxy) is 1. The van der Waals surface area contributed by atoms with Gasteiger partial charge in [0.2, 0.25) is 5.91 Å². The lowest BCUT2D eigenvalue weighted by Gasteiger charge is -2.31. The standard InChI is InChI=1S/C19H21ClN2O4/c1-2-25-19(24)14-4-3-9-22(12-14)18(23)11-16-10-17(26-21-16)13-5-7-15(20)8-6-13/h5-8,10,14H,2-4,9,11-12H2,1H3. The van der Waals surface area contributed by atoms with Gasteiger partial charge < -0.3 is 14.2 Å². The van der Waals surface area contributed by atoms with Gasteiger partial charge in [-0.2, -0.15) is 0 Å². The Labute approximate surface area is 157 Å². The normalized spacial score (nSPS) is 17.2. The second-order valence-electron chi connectivity index (χ2n) is 6.30. The molecule has 7 heteroatoms. The first-order valence-electron chi connectivity index (χ1n) is 8.72. The van der Waals surface area contributed by atoms with Gasteiger partial charge >= 0.3 is 5.97 Å². The van der Waals surface area contributed by atoms with Crippen LogP contribution in [0.5, 0.6) is 0 Å². The molecule has 2 aromatic rings. The molecular formula is C19H21ClN2O4. The van der Waals surface area contributed by atoms with E-state index in [1.54, 1.807) is 30.0 Å². The molecule has 1 amide bonds. The third kappa shape index (κ3) is 4.43. The zero-order valence-electron chi connectivity index (χ0n) is 14.6. The second kappa shape index (κ2) is 8.36. The molecule has 26 heavy (non-hydrogen) atoms. The topological polar surface area (TPSA) is 72.6 Å². The van der Waals surface area contributed by atoms with E-state index in [-0.39, 0.29) is 24.2 Å². The fourth-order valence-corrected chi connectivity index (χ4v) is 3.19. The molecule has 2 heterocycles. The molecule has 1 saturated heterocycles. The quantitative estimate of drug-likeness (QED) is 0.748. The summed E-state index contributed by atoms with van der Waals surface area (Å²) in [5, 5.41) is 4.63. The van der Waals surface area contributed by atoms with Gasteiger partial charge in [-0.15, -0.1) is 0 Å². The van der Waals surface area contributed by atoms with Crippen molar-refractivity contribution in [3.63, 3.8) is 0 Å². The first kappa shape index (κ1) is 18.5. The number of halogens is 1. The largest absolute Gasteiger partial charge is 0.466 e. The minimum Gasteiger partial charge on any atom is -0.466 e. The van der Waals surface area contributed by atoms with E-state index < -0.39 is 0 Å². The van der Waals surface area contributed by atoms with Crippen LogP contribution in [0.1, 0.15) is 25.5 Å². The zero-order valence-corrected chi connectivity index (χ0v) is 15.4. The van der Waals surface area contributed by atoms with Crippen molar-refractivity contribution in [1.29, 1.82) is 0 Å². The predicted octanol–water partition coefficient (Wildman–Crippen LogP) is 3.34. The van der Waals surface area contributed by atoms with Crippen LogP contribution in [0.15, 0.2) is 34.9 Å². The Bertz CT molecular complexity index is 772. The molecule has 3 rings (SSSR count). The van der Waals surface area contributed by atoms with E-state index in [1.165, 1.54) is 0 Å². The number of piperidine rings is 1. The van der Waals surface area contributed by atoms with Crippen LogP contribution in [0.25, 0.3) is 11.3 Å². The highest BCUT2D eigenvalue weighted by atomic mass is 35.5. The predicted molar refractivity (Wildman–Crippen MR) is 96.6 cm³/mol. The van der Waals surface area contributed by atoms with Gasteiger partial charge in [0, 0.05) is 29.7 Å². The molecule has 0 saturated carbocycles. The number of rotatable bonds is 5. The highest BCUT2D eigenvalue weighted by Crippen LogP contribution is 2.23. The monoisotopic (exact) mass is 376 g/mol. The Balaban J connectivity index is 1.61. The molecule has 1 aromatic carbocycles. The van der Waals surface area contributed by atoms with E-state index >= 15 is 0 Å². The lowest BCUT2D eigenvalue weighted by molar-refractivity contribution is -0.151. The summed E-state index contributed by atoms with van der Waals surface area (Å²) >= 11 is 5.88. The van der Waals surface area contributed by atoms with E-state index in [9.17, 15) is 9.59 Å². The van der Waals surface area contributed by atoms with Crippen LogP contribution in [0.3, 0.4) is 0 Å². The maximum Gasteiger partial charge on any atom is 0.310 e. The summed E-state index contributed by atoms with van der Waals surface area (Å²) in [5.74, 6) is 0.0634. The van der Waals surface area contributed by atoms with Gasteiger partial charge in [-0.3, -0.25) is 9.59 Å². The average molecular weight is 377 g/mol. The lowest BCUT2D eigenvalue weighted by atomic mass is 9.98. The lowest BCUT2D eigenvalue weighted by Crippen LogP contribution is -2.43. The van der Waals surface area contributed by atoms with Crippen LogP contribution in [-0.4, -0.2) is 41.6 Å². The number of hydrogen-bond acceptors (Lipinski definition) is 5. The molecule has 0 bridgehead atoms. The van der Waals surface area contributed by atoms with Crippen molar-refractivity contribution in [2.75, 3.05) is 19.7 Å². The number of carbonyl (C=O) groups excluding carboxylic acids is 2. The van der Waals surface area contributed by atoms with Gasteiger partial charge in [0.25, 0.3) is 0 Å². The van der Waals surface area contributed by atoms with Crippen molar-refractivity contribution in [3.05, 3.63) is 41.0 Å². The summed E-state index contributed by atoms with van der Waals surface area (Å²) in [4.78, 5) is 26.2. The summed E-state index contributed by atoms with van der Waals surface area (Å²) in [5.41, 5.74) is 1.42. The molecule has 0 N–H and O–H groups in total. The zero-order chi connectivity index (χ0) is 18.5. The smallest absolute Gasteiger partial charge is 0.310 e. The number of hydrogen-bond donors (Lipinski definition) is 0. The Morgan fingerprint density at radius 3 is 2.85 bits per heavy atom. The number of amides is 1. The molecule has 1 aliphatic heterocycles. The Hall–Kier alpha value is -2.34. The molecular weight excluding hydrogens is 356 g/mol. The highest BCUT2D eigenvalue weighted by Gasteiger charge is 2.29. The van der Waals surface area contributed by atoms with E-state index in [2.05, 4.69) is 5.16 Å². The fourth-order valence-electron chi connectivity index (χ4n) is 3.07. The van der Waals surface area contributed by atoms with Crippen LogP contribution in [0.4, 0.5) is 0 Å². The van der Waals surface area contributed by atoms with Crippen molar-refractivity contribution in [2.24, 2.45) is 5.92 Å². The minimum atomic E-state index is -0.241. The van der Waals surface area contributed by atoms with E-state index in [4.69, 9.17) is 20.9 Å². The summed E-state index contributed by atoms with van der Waals surface area (Å²) in [6.45, 7) is 3.19. The summed E-state index contributed by atoms with van der Waals surface area (Å²) < 4.78 is 10.4. The molecule has 6 nitrogen and oxygen atoms in total. The molecule has 1 atom stereocenters. The van der Waals surface area contributed by atoms with Gasteiger partial charge in [0.1, 0.15) is 0 Å². The molecule has 0 radical (unpaired) electrons. The summed E-state index contributed by atoms with van der Waals surface area (Å²) in [6, 6.07) is 8.97. The molecule has 1 fully saturated rings. The number of aromatic nitrogens is 1. The number of carbonyl (C=O) groups is 2. The Morgan fingerprint density at radius 2 is 2.12 bits per heavy atom. The first-order chi connectivity index (χ1) is 12.6. The summed E-state index contributed by atoms with van der Waals surface area (Å²) in [7, 11) is 0. The molecule has 1 aliphatic rings. The van der Waals surface area contributed by atoms with Crippen LogP contribution < -0.4 is 0 Å². The van der Waals surface area contributed by atoms with Crippen LogP contribution in [-0.2, 0) is 20.7 Å². The highest BCUT2D eigenvalue weighted by molar-refractivity contribution is 6.30. The van der Waals surface area contributed by atoms with Gasteiger partial charge in [0.05, 0.1) is 24.6 Å². The molecule has 0 spiro atoms. The first-order valence-corrected chi connectivity index (χ1v) is 9.10. The maximum atomic E-state index is 12.6. The average Bonchev–Trinajstić information content (AvgIpc) is 3.11. The van der Waals surface area contributed by atoms with Gasteiger partial charge in [0.15, 0.2) is 5.76 Å². The third-order valence-electron chi connectivity index (χ3n) is 4.41. The van der Waals surface area contributed by atoms with Gasteiger partial charge in [-0.05, 0) is 44.0 Å². The number of benzene rings is 1. The van der Waals surface area contributed by atoms with Crippen molar-refractivity contribution >= 4 is 23.5 Å².